The SMILES string of the molecule is C/C=C/C[S+]1CCCC1.[F-].[F][Sb]([F])([F])([F])[F]. The van der Waals surface area contributed by atoms with Crippen molar-refractivity contribution in [3.8, 4) is 0 Å². The van der Waals surface area contributed by atoms with Gasteiger partial charge in [-0.3, -0.25) is 0 Å². The molecule has 0 aromatic rings. The van der Waals surface area contributed by atoms with E-state index in [2.05, 4.69) is 19.1 Å². The molecule has 1 aliphatic rings. The van der Waals surface area contributed by atoms with Crippen LogP contribution in [0.4, 0.5) is 14.1 Å². The van der Waals surface area contributed by atoms with Gasteiger partial charge in [0.2, 0.25) is 0 Å². The van der Waals surface area contributed by atoms with E-state index in [4.69, 9.17) is 0 Å². The minimum atomic E-state index is -9.19. The van der Waals surface area contributed by atoms with E-state index >= 15 is 0 Å². The van der Waals surface area contributed by atoms with Crippen molar-refractivity contribution in [1.82, 2.24) is 0 Å². The molecule has 0 aliphatic carbocycles. The normalized spacial score (nSPS) is 19.5. The molecule has 0 aromatic carbocycles. The van der Waals surface area contributed by atoms with Crippen LogP contribution in [0, 0.1) is 0 Å². The Bertz CT molecular complexity index is 189. The Morgan fingerprint density at radius 2 is 1.44 bits per heavy atom. The maximum atomic E-state index is 9.91. The molecule has 0 atom stereocenters. The fourth-order valence-electron chi connectivity index (χ4n) is 1.11. The van der Waals surface area contributed by atoms with Crippen LogP contribution in [0.1, 0.15) is 19.8 Å². The Kier molecular flexibility index (Phi) is 9.12. The molecule has 0 amide bonds. The van der Waals surface area contributed by atoms with E-state index in [1.54, 1.807) is 0 Å². The van der Waals surface area contributed by atoms with Crippen LogP contribution < -0.4 is 4.70 Å². The summed E-state index contributed by atoms with van der Waals surface area (Å²) in [6, 6.07) is 0. The average Bonchev–Trinajstić information content (AvgIpc) is 2.47. The summed E-state index contributed by atoms with van der Waals surface area (Å²) >= 11 is -9.19. The average molecular weight is 379 g/mol. The van der Waals surface area contributed by atoms with Crippen LogP contribution in [-0.2, 0) is 10.9 Å². The third-order valence-corrected chi connectivity index (χ3v) is 4.08. The predicted octanol–water partition coefficient (Wildman–Crippen LogP) is 0.699. The second-order valence-electron chi connectivity index (χ2n) is 3.10. The topological polar surface area (TPSA) is 0 Å². The van der Waals surface area contributed by atoms with Gasteiger partial charge in [-0.15, -0.1) is 0 Å². The summed E-state index contributed by atoms with van der Waals surface area (Å²) in [6.07, 6.45) is 7.46. The van der Waals surface area contributed by atoms with Crippen molar-refractivity contribution in [2.24, 2.45) is 0 Å². The zero-order chi connectivity index (χ0) is 12.0. The van der Waals surface area contributed by atoms with E-state index in [1.165, 1.54) is 30.1 Å². The molecule has 0 radical (unpaired) electrons. The van der Waals surface area contributed by atoms with Gasteiger partial charge < -0.3 is 4.70 Å². The summed E-state index contributed by atoms with van der Waals surface area (Å²) in [5, 5.41) is 0. The van der Waals surface area contributed by atoms with Crippen molar-refractivity contribution in [3.63, 3.8) is 0 Å². The number of rotatable bonds is 2. The van der Waals surface area contributed by atoms with Gasteiger partial charge in [0.15, 0.2) is 0 Å². The molecular weight excluding hydrogens is 364 g/mol. The molecule has 1 heterocycles. The van der Waals surface area contributed by atoms with E-state index in [0.717, 1.165) is 10.9 Å². The third-order valence-electron chi connectivity index (χ3n) is 1.68. The van der Waals surface area contributed by atoms with E-state index in [1.807, 2.05) is 0 Å². The van der Waals surface area contributed by atoms with E-state index in [9.17, 15) is 14.1 Å². The van der Waals surface area contributed by atoms with Gasteiger partial charge in [-0.05, 0) is 36.7 Å². The number of allylic oxidation sites excluding steroid dienone is 1. The molecule has 1 saturated heterocycles. The van der Waals surface area contributed by atoms with Crippen LogP contribution in [0.15, 0.2) is 12.2 Å². The summed E-state index contributed by atoms with van der Waals surface area (Å²) < 4.78 is 49.6. The van der Waals surface area contributed by atoms with Gasteiger partial charge in [-0.2, -0.15) is 0 Å². The summed E-state index contributed by atoms with van der Waals surface area (Å²) in [5.41, 5.74) is 0. The molecule has 0 N–H and O–H groups in total. The Morgan fingerprint density at radius 3 is 1.75 bits per heavy atom. The maximum absolute atomic E-state index is 9.91. The van der Waals surface area contributed by atoms with Crippen molar-refractivity contribution in [1.29, 1.82) is 0 Å². The molecule has 0 nitrogen and oxygen atoms in total. The predicted molar refractivity (Wildman–Crippen MR) is 57.3 cm³/mol. The van der Waals surface area contributed by atoms with Gasteiger partial charge >= 0.3 is 34.4 Å². The molecule has 16 heavy (non-hydrogen) atoms. The van der Waals surface area contributed by atoms with Gasteiger partial charge in [-0.25, -0.2) is 0 Å². The molecule has 1 rings (SSSR count). The van der Waals surface area contributed by atoms with Crippen molar-refractivity contribution in [3.05, 3.63) is 12.2 Å². The number of hydrogen-bond donors (Lipinski definition) is 0. The Morgan fingerprint density at radius 1 is 1.06 bits per heavy atom. The first-order valence-corrected chi connectivity index (χ1v) is 11.1. The van der Waals surface area contributed by atoms with Crippen LogP contribution in [0.25, 0.3) is 0 Å². The van der Waals surface area contributed by atoms with Crippen LogP contribution in [0.5, 0.6) is 0 Å². The van der Waals surface area contributed by atoms with Crippen LogP contribution in [0.3, 0.4) is 0 Å². The van der Waals surface area contributed by atoms with Gasteiger partial charge in [-0.1, -0.05) is 6.08 Å². The zero-order valence-electron chi connectivity index (χ0n) is 8.81. The summed E-state index contributed by atoms with van der Waals surface area (Å²) in [6.45, 7) is 2.11. The Hall–Kier alpha value is 0.488. The van der Waals surface area contributed by atoms with Crippen LogP contribution in [-0.4, -0.2) is 37.6 Å². The standard InChI is InChI=1S/C8H15S.6FH.Sb/c1-2-3-6-9-7-4-5-8-9;;;;;;;/h2-3H,4-8H2,1H3;6*1H;/q+1;;;;;;;+5/p-6/b3-2+;;;;;;;. The Labute approximate surface area is 99.0 Å². The second-order valence-corrected chi connectivity index (χ2v) is 9.12. The van der Waals surface area contributed by atoms with Crippen molar-refractivity contribution in [2.45, 2.75) is 19.8 Å². The molecule has 0 spiro atoms. The van der Waals surface area contributed by atoms with E-state index in [-0.39, 0.29) is 4.70 Å². The summed E-state index contributed by atoms with van der Waals surface area (Å²) in [7, 11) is 0.786. The van der Waals surface area contributed by atoms with Gasteiger partial charge in [0.1, 0.15) is 17.3 Å². The summed E-state index contributed by atoms with van der Waals surface area (Å²) in [5.74, 6) is 4.37. The molecule has 1 aliphatic heterocycles. The van der Waals surface area contributed by atoms with Crippen molar-refractivity contribution >= 4 is 31.2 Å². The van der Waals surface area contributed by atoms with E-state index in [0.29, 0.717) is 0 Å². The van der Waals surface area contributed by atoms with E-state index < -0.39 is 20.3 Å². The van der Waals surface area contributed by atoms with Gasteiger partial charge in [0.05, 0.1) is 0 Å². The Balaban J connectivity index is 0. The first-order chi connectivity index (χ1) is 6.67. The quantitative estimate of drug-likeness (QED) is 0.287. The third kappa shape index (κ3) is 20.0. The molecule has 1 fully saturated rings. The minimum absolute atomic E-state index is 0. The first kappa shape index (κ1) is 18.8. The number of halogens is 6. The van der Waals surface area contributed by atoms with Crippen molar-refractivity contribution in [2.75, 3.05) is 17.3 Å². The second kappa shape index (κ2) is 7.74. The van der Waals surface area contributed by atoms with Gasteiger partial charge in [0.25, 0.3) is 0 Å². The first-order valence-electron chi connectivity index (χ1n) is 4.53. The molecule has 100 valence electrons. The fraction of sp³-hybridized carbons (Fsp3) is 0.750. The molecule has 0 bridgehead atoms. The van der Waals surface area contributed by atoms with Crippen LogP contribution in [0.2, 0.25) is 0 Å². The van der Waals surface area contributed by atoms with Crippen molar-refractivity contribution < 1.29 is 18.8 Å². The van der Waals surface area contributed by atoms with Gasteiger partial charge in [0, 0.05) is 0 Å². The number of hydrogen-bond acceptors (Lipinski definition) is 0. The monoisotopic (exact) mass is 378 g/mol. The fourth-order valence-corrected chi connectivity index (χ4v) is 3.34. The molecule has 8 heteroatoms. The van der Waals surface area contributed by atoms with Crippen LogP contribution >= 0.6 is 0 Å². The molecule has 0 saturated carbocycles. The zero-order valence-corrected chi connectivity index (χ0v) is 12.2. The summed E-state index contributed by atoms with van der Waals surface area (Å²) in [4.78, 5) is 0. The molecular formula is C8H15F6SSb. The molecule has 0 aromatic heterocycles. The molecule has 0 unspecified atom stereocenters.